The molecule has 2 amide bonds. The average molecular weight is 398 g/mol. The molecule has 4 rings (SSSR count). The van der Waals surface area contributed by atoms with Gasteiger partial charge in [-0.15, -0.1) is 0 Å². The molecular formula is C21H22N2O6. The second-order valence-corrected chi connectivity index (χ2v) is 7.43. The Balaban J connectivity index is 1.58. The van der Waals surface area contributed by atoms with Crippen LogP contribution in [0.4, 0.5) is 0 Å². The number of carbonyl (C=O) groups excluding carboxylic acids is 2. The Hall–Kier alpha value is -3.13. The standard InChI is InChI=1S/C21H22N2O6/c1-14-4-2-5-15(12-14)18(24)23-16(20(26)27)13-29-21(23)7-9-22(10-8-21)19(25)17-6-3-11-28-17/h2-6,11-12,16H,7-10,13H2,1H3,(H,26,27). The van der Waals surface area contributed by atoms with Crippen LogP contribution in [0, 0.1) is 6.92 Å². The van der Waals surface area contributed by atoms with Crippen LogP contribution in [0.15, 0.2) is 47.1 Å². The van der Waals surface area contributed by atoms with E-state index >= 15 is 0 Å². The van der Waals surface area contributed by atoms with Crippen molar-refractivity contribution in [3.05, 3.63) is 59.5 Å². The molecule has 2 aliphatic heterocycles. The molecule has 1 spiro atoms. The molecule has 1 N–H and O–H groups in total. The zero-order valence-electron chi connectivity index (χ0n) is 16.0. The maximum atomic E-state index is 13.3. The highest BCUT2D eigenvalue weighted by molar-refractivity contribution is 5.97. The minimum atomic E-state index is -1.10. The van der Waals surface area contributed by atoms with E-state index < -0.39 is 17.7 Å². The van der Waals surface area contributed by atoms with Crippen LogP contribution in [-0.4, -0.2) is 64.2 Å². The van der Waals surface area contributed by atoms with Crippen molar-refractivity contribution in [1.29, 1.82) is 0 Å². The van der Waals surface area contributed by atoms with Gasteiger partial charge >= 0.3 is 5.97 Å². The van der Waals surface area contributed by atoms with Gasteiger partial charge in [-0.3, -0.25) is 14.5 Å². The Labute approximate surface area is 167 Å². The van der Waals surface area contributed by atoms with Crippen LogP contribution in [0.25, 0.3) is 0 Å². The van der Waals surface area contributed by atoms with Gasteiger partial charge in [0.25, 0.3) is 11.8 Å². The van der Waals surface area contributed by atoms with Crippen LogP contribution < -0.4 is 0 Å². The number of aliphatic carboxylic acids is 1. The highest BCUT2D eigenvalue weighted by atomic mass is 16.5. The number of rotatable bonds is 3. The fraction of sp³-hybridized carbons (Fsp3) is 0.381. The lowest BCUT2D eigenvalue weighted by Crippen LogP contribution is -2.58. The van der Waals surface area contributed by atoms with Crippen LogP contribution >= 0.6 is 0 Å². The number of ether oxygens (including phenoxy) is 1. The number of carbonyl (C=O) groups is 3. The molecular weight excluding hydrogens is 376 g/mol. The molecule has 29 heavy (non-hydrogen) atoms. The van der Waals surface area contributed by atoms with Crippen LogP contribution in [0.1, 0.15) is 39.3 Å². The number of nitrogens with zero attached hydrogens (tertiary/aromatic N) is 2. The summed E-state index contributed by atoms with van der Waals surface area (Å²) in [6.07, 6.45) is 2.11. The van der Waals surface area contributed by atoms with E-state index in [1.54, 1.807) is 35.2 Å². The summed E-state index contributed by atoms with van der Waals surface area (Å²) in [4.78, 5) is 40.6. The van der Waals surface area contributed by atoms with Gasteiger partial charge in [0.2, 0.25) is 0 Å². The first-order chi connectivity index (χ1) is 13.9. The van der Waals surface area contributed by atoms with Crippen LogP contribution in [0.3, 0.4) is 0 Å². The van der Waals surface area contributed by atoms with Gasteiger partial charge in [0.05, 0.1) is 12.9 Å². The maximum absolute atomic E-state index is 13.3. The van der Waals surface area contributed by atoms with E-state index in [9.17, 15) is 19.5 Å². The maximum Gasteiger partial charge on any atom is 0.328 e. The molecule has 8 heteroatoms. The number of furan rings is 1. The summed E-state index contributed by atoms with van der Waals surface area (Å²) in [7, 11) is 0. The van der Waals surface area contributed by atoms with E-state index in [2.05, 4.69) is 0 Å². The number of carboxylic acids is 1. The monoisotopic (exact) mass is 398 g/mol. The van der Waals surface area contributed by atoms with Gasteiger partial charge in [0.1, 0.15) is 5.72 Å². The second-order valence-electron chi connectivity index (χ2n) is 7.43. The van der Waals surface area contributed by atoms with Crippen molar-refractivity contribution >= 4 is 17.8 Å². The first-order valence-electron chi connectivity index (χ1n) is 9.51. The van der Waals surface area contributed by atoms with E-state index in [1.807, 2.05) is 13.0 Å². The van der Waals surface area contributed by atoms with E-state index in [1.165, 1.54) is 11.2 Å². The molecule has 152 valence electrons. The Morgan fingerprint density at radius 1 is 1.10 bits per heavy atom. The van der Waals surface area contributed by atoms with Crippen molar-refractivity contribution in [2.45, 2.75) is 31.5 Å². The van der Waals surface area contributed by atoms with Gasteiger partial charge in [-0.25, -0.2) is 4.79 Å². The van der Waals surface area contributed by atoms with Gasteiger partial charge in [-0.1, -0.05) is 17.7 Å². The average Bonchev–Trinajstić information content (AvgIpc) is 3.36. The molecule has 2 fully saturated rings. The van der Waals surface area contributed by atoms with E-state index in [0.717, 1.165) is 5.56 Å². The smallest absolute Gasteiger partial charge is 0.328 e. The molecule has 2 aromatic rings. The third kappa shape index (κ3) is 3.40. The lowest BCUT2D eigenvalue weighted by atomic mass is 9.96. The van der Waals surface area contributed by atoms with Crippen molar-refractivity contribution in [3.63, 3.8) is 0 Å². The number of hydrogen-bond donors (Lipinski definition) is 1. The van der Waals surface area contributed by atoms with Crippen LogP contribution in [0.5, 0.6) is 0 Å². The first-order valence-corrected chi connectivity index (χ1v) is 9.51. The Kier molecular flexibility index (Phi) is 4.87. The topological polar surface area (TPSA) is 100 Å². The van der Waals surface area contributed by atoms with Gasteiger partial charge < -0.3 is 19.2 Å². The number of piperidine rings is 1. The molecule has 8 nitrogen and oxygen atoms in total. The Morgan fingerprint density at radius 3 is 2.48 bits per heavy atom. The second kappa shape index (κ2) is 7.36. The molecule has 1 aromatic heterocycles. The fourth-order valence-electron chi connectivity index (χ4n) is 4.09. The number of benzene rings is 1. The summed E-state index contributed by atoms with van der Waals surface area (Å²) in [5, 5.41) is 9.66. The normalized spacial score (nSPS) is 20.8. The van der Waals surface area contributed by atoms with Crippen LogP contribution in [-0.2, 0) is 9.53 Å². The number of likely N-dealkylation sites (tertiary alicyclic amines) is 1. The van der Waals surface area contributed by atoms with Crippen molar-refractivity contribution in [2.75, 3.05) is 19.7 Å². The predicted octanol–water partition coefficient (Wildman–Crippen LogP) is 2.15. The molecule has 0 radical (unpaired) electrons. The summed E-state index contributed by atoms with van der Waals surface area (Å²) in [5.74, 6) is -1.44. The summed E-state index contributed by atoms with van der Waals surface area (Å²) in [6.45, 7) is 2.48. The molecule has 1 unspecified atom stereocenters. The van der Waals surface area contributed by atoms with Crippen molar-refractivity contribution in [2.24, 2.45) is 0 Å². The highest BCUT2D eigenvalue weighted by Gasteiger charge is 2.54. The third-order valence-corrected chi connectivity index (χ3v) is 5.59. The quantitative estimate of drug-likeness (QED) is 0.850. The summed E-state index contributed by atoms with van der Waals surface area (Å²) < 4.78 is 11.1. The highest BCUT2D eigenvalue weighted by Crippen LogP contribution is 2.38. The van der Waals surface area contributed by atoms with Gasteiger partial charge in [0.15, 0.2) is 11.8 Å². The molecule has 0 aliphatic carbocycles. The lowest BCUT2D eigenvalue weighted by molar-refractivity contribution is -0.143. The zero-order valence-corrected chi connectivity index (χ0v) is 16.0. The van der Waals surface area contributed by atoms with Crippen LogP contribution in [0.2, 0.25) is 0 Å². The van der Waals surface area contributed by atoms with Gasteiger partial charge in [-0.2, -0.15) is 0 Å². The summed E-state index contributed by atoms with van der Waals surface area (Å²) in [6, 6.07) is 9.26. The molecule has 0 bridgehead atoms. The van der Waals surface area contributed by atoms with Crippen molar-refractivity contribution in [3.8, 4) is 0 Å². The Morgan fingerprint density at radius 2 is 1.86 bits per heavy atom. The minimum absolute atomic E-state index is 0.0704. The largest absolute Gasteiger partial charge is 0.480 e. The fourth-order valence-corrected chi connectivity index (χ4v) is 4.09. The minimum Gasteiger partial charge on any atom is -0.480 e. The number of hydrogen-bond acceptors (Lipinski definition) is 5. The molecule has 2 aliphatic rings. The molecule has 1 atom stereocenters. The SMILES string of the molecule is Cc1cccc(C(=O)N2C(C(=O)O)COC23CCN(C(=O)c2ccco2)CC3)c1. The number of carboxylic acid groups (broad SMARTS) is 1. The number of amides is 2. The molecule has 1 aromatic carbocycles. The first kappa shape index (κ1) is 19.2. The van der Waals surface area contributed by atoms with E-state index in [4.69, 9.17) is 9.15 Å². The van der Waals surface area contributed by atoms with Gasteiger partial charge in [0, 0.05) is 31.5 Å². The van der Waals surface area contributed by atoms with Crippen molar-refractivity contribution < 1.29 is 28.6 Å². The molecule has 2 saturated heterocycles. The third-order valence-electron chi connectivity index (χ3n) is 5.59. The van der Waals surface area contributed by atoms with E-state index in [0.29, 0.717) is 31.5 Å². The Bertz CT molecular complexity index is 930. The van der Waals surface area contributed by atoms with Gasteiger partial charge in [-0.05, 0) is 31.2 Å². The summed E-state index contributed by atoms with van der Waals surface area (Å²) in [5.41, 5.74) is 0.301. The number of aryl methyl sites for hydroxylation is 1. The molecule has 0 saturated carbocycles. The lowest BCUT2D eigenvalue weighted by Gasteiger charge is -2.44. The molecule has 3 heterocycles. The zero-order chi connectivity index (χ0) is 20.6. The summed E-state index contributed by atoms with van der Waals surface area (Å²) >= 11 is 0. The van der Waals surface area contributed by atoms with Crippen molar-refractivity contribution in [1.82, 2.24) is 9.80 Å². The predicted molar refractivity (Wildman–Crippen MR) is 101 cm³/mol. The van der Waals surface area contributed by atoms with E-state index in [-0.39, 0.29) is 24.2 Å².